The number of hydrogen-bond donors (Lipinski definition) is 1. The Morgan fingerprint density at radius 1 is 0.772 bits per heavy atom. The van der Waals surface area contributed by atoms with E-state index in [2.05, 4.69) is 109 Å². The Labute approximate surface area is 337 Å². The highest BCUT2D eigenvalue weighted by Crippen LogP contribution is 2.53. The Morgan fingerprint density at radius 3 is 2.19 bits per heavy atom. The van der Waals surface area contributed by atoms with Gasteiger partial charge in [0.05, 0.1) is 27.9 Å². The molecule has 9 nitrogen and oxygen atoms in total. The summed E-state index contributed by atoms with van der Waals surface area (Å²) in [6, 6.07) is 29.7. The summed E-state index contributed by atoms with van der Waals surface area (Å²) in [6.45, 7) is 4.50. The Hall–Kier alpha value is -5.06. The van der Waals surface area contributed by atoms with E-state index in [0.717, 1.165) is 60.4 Å². The molecule has 5 aromatic carbocycles. The fourth-order valence-corrected chi connectivity index (χ4v) is 9.10. The molecule has 6 bridgehead atoms. The van der Waals surface area contributed by atoms with E-state index >= 15 is 0 Å². The Balaban J connectivity index is 1.36. The number of likely N-dealkylation sites (N-methyl/N-ethyl adjacent to an activating group) is 2. The molecule has 0 unspecified atom stereocenters. The third-order valence-corrected chi connectivity index (χ3v) is 12.5. The minimum absolute atomic E-state index is 0.0901. The van der Waals surface area contributed by atoms with Crippen LogP contribution in [0.5, 0.6) is 40.2 Å². The van der Waals surface area contributed by atoms with E-state index in [9.17, 15) is 5.11 Å². The lowest BCUT2D eigenvalue weighted by Gasteiger charge is -2.39. The zero-order valence-electron chi connectivity index (χ0n) is 34.3. The quantitative estimate of drug-likeness (QED) is 0.167. The second kappa shape index (κ2) is 16.4. The number of rotatable bonds is 8. The lowest BCUT2D eigenvalue weighted by atomic mass is 9.84. The zero-order chi connectivity index (χ0) is 39.8. The van der Waals surface area contributed by atoms with Crippen LogP contribution >= 0.6 is 0 Å². The van der Waals surface area contributed by atoms with Gasteiger partial charge in [-0.1, -0.05) is 48.5 Å². The monoisotopic (exact) mass is 769 g/mol. The van der Waals surface area contributed by atoms with Gasteiger partial charge in [-0.15, -0.1) is 0 Å². The zero-order valence-corrected chi connectivity index (χ0v) is 34.3. The molecule has 0 saturated heterocycles. The van der Waals surface area contributed by atoms with E-state index in [1.165, 1.54) is 27.8 Å². The highest BCUT2D eigenvalue weighted by atomic mass is 16.5. The first-order valence-corrected chi connectivity index (χ1v) is 20.0. The maximum Gasteiger partial charge on any atom is 0.204 e. The lowest BCUT2D eigenvalue weighted by molar-refractivity contribution is 0.213. The maximum atomic E-state index is 10.9. The van der Waals surface area contributed by atoms with Crippen molar-refractivity contribution in [2.75, 3.05) is 55.6 Å². The Kier molecular flexibility index (Phi) is 11.2. The standard InChI is InChI=1S/C48H55N3O6/c1-30(33-11-9-8-10-12-33)51(4)28-39-37-20-22-50(3)41-24-32-15-18-42(53-5)44(25-32)56-36-16-13-31(14-17-36)23-40-38-27-43(35(29-52)26-34(38)19-21-49(40)2)57-47(45(37)41)48(55-7)46(39)54-6/h8-18,25-27,30,40-41,52H,19-24,28-29H2,1-7H3/t30-,40-,41-/m0/s1. The molecule has 4 aliphatic rings. The minimum Gasteiger partial charge on any atom is -0.493 e. The van der Waals surface area contributed by atoms with Crippen LogP contribution in [-0.2, 0) is 38.8 Å². The summed E-state index contributed by atoms with van der Waals surface area (Å²) < 4.78 is 32.3. The number of methoxy groups -OCH3 is 3. The highest BCUT2D eigenvalue weighted by Gasteiger charge is 2.37. The van der Waals surface area contributed by atoms with Gasteiger partial charge in [-0.3, -0.25) is 14.7 Å². The summed E-state index contributed by atoms with van der Waals surface area (Å²) in [5.74, 6) is 4.58. The van der Waals surface area contributed by atoms with Gasteiger partial charge in [0.15, 0.2) is 23.0 Å². The van der Waals surface area contributed by atoms with Crippen molar-refractivity contribution in [2.24, 2.45) is 0 Å². The van der Waals surface area contributed by atoms with E-state index in [1.54, 1.807) is 21.3 Å². The van der Waals surface area contributed by atoms with Crippen LogP contribution in [0.15, 0.2) is 84.9 Å². The molecule has 3 atom stereocenters. The molecule has 1 N–H and O–H groups in total. The molecule has 9 heteroatoms. The molecule has 5 aromatic rings. The number of nitrogens with zero attached hydrogens (tertiary/aromatic N) is 3. The molecule has 298 valence electrons. The normalized spacial score (nSPS) is 18.5. The summed E-state index contributed by atoms with van der Waals surface area (Å²) in [4.78, 5) is 7.20. The van der Waals surface area contributed by atoms with Crippen molar-refractivity contribution in [1.29, 1.82) is 0 Å². The molecule has 0 radical (unpaired) electrons. The maximum absolute atomic E-state index is 10.9. The van der Waals surface area contributed by atoms with Gasteiger partial charge < -0.3 is 28.8 Å². The molecular weight excluding hydrogens is 715 g/mol. The first kappa shape index (κ1) is 38.8. The number of aliphatic hydroxyl groups excluding tert-OH is 1. The average Bonchev–Trinajstić information content (AvgIpc) is 3.23. The minimum atomic E-state index is -0.148. The number of hydrogen-bond acceptors (Lipinski definition) is 9. The molecule has 0 amide bonds. The van der Waals surface area contributed by atoms with Gasteiger partial charge in [0.1, 0.15) is 11.5 Å². The van der Waals surface area contributed by atoms with Crippen LogP contribution in [0.2, 0.25) is 0 Å². The first-order chi connectivity index (χ1) is 27.7. The van der Waals surface area contributed by atoms with Crippen molar-refractivity contribution in [2.45, 2.75) is 63.9 Å². The molecule has 4 aliphatic heterocycles. The number of benzene rings is 5. The number of aliphatic hydroxyl groups is 1. The van der Waals surface area contributed by atoms with Gasteiger partial charge >= 0.3 is 0 Å². The van der Waals surface area contributed by atoms with E-state index < -0.39 is 0 Å². The molecule has 4 heterocycles. The fourth-order valence-electron chi connectivity index (χ4n) is 9.10. The predicted molar refractivity (Wildman–Crippen MR) is 223 cm³/mol. The van der Waals surface area contributed by atoms with E-state index in [-0.39, 0.29) is 24.7 Å². The third-order valence-electron chi connectivity index (χ3n) is 12.5. The van der Waals surface area contributed by atoms with Gasteiger partial charge in [-0.25, -0.2) is 0 Å². The number of ether oxygens (including phenoxy) is 5. The Bertz CT molecular complexity index is 2230. The molecule has 0 aromatic heterocycles. The van der Waals surface area contributed by atoms with Crippen LogP contribution in [0.1, 0.15) is 75.1 Å². The van der Waals surface area contributed by atoms with Gasteiger partial charge in [-0.05, 0) is 124 Å². The molecule has 0 aliphatic carbocycles. The average molecular weight is 770 g/mol. The van der Waals surface area contributed by atoms with Crippen molar-refractivity contribution >= 4 is 0 Å². The molecule has 0 fully saturated rings. The van der Waals surface area contributed by atoms with Crippen LogP contribution in [-0.4, -0.2) is 75.4 Å². The van der Waals surface area contributed by atoms with Crippen LogP contribution < -0.4 is 23.7 Å². The van der Waals surface area contributed by atoms with Crippen molar-refractivity contribution in [3.8, 4) is 40.2 Å². The highest BCUT2D eigenvalue weighted by molar-refractivity contribution is 5.67. The predicted octanol–water partition coefficient (Wildman–Crippen LogP) is 8.84. The largest absolute Gasteiger partial charge is 0.493 e. The van der Waals surface area contributed by atoms with Crippen molar-refractivity contribution in [3.05, 3.63) is 135 Å². The van der Waals surface area contributed by atoms with Crippen LogP contribution in [0.3, 0.4) is 0 Å². The van der Waals surface area contributed by atoms with Gasteiger partial charge in [0, 0.05) is 54.5 Å². The van der Waals surface area contributed by atoms with E-state index in [0.29, 0.717) is 47.5 Å². The van der Waals surface area contributed by atoms with Crippen molar-refractivity contribution in [3.63, 3.8) is 0 Å². The van der Waals surface area contributed by atoms with Crippen LogP contribution in [0.4, 0.5) is 0 Å². The molecular formula is C48H55N3O6. The molecule has 57 heavy (non-hydrogen) atoms. The Morgan fingerprint density at radius 2 is 1.47 bits per heavy atom. The molecule has 9 rings (SSSR count). The second-order valence-corrected chi connectivity index (χ2v) is 15.8. The smallest absolute Gasteiger partial charge is 0.204 e. The van der Waals surface area contributed by atoms with Crippen molar-refractivity contribution < 1.29 is 28.8 Å². The SMILES string of the molecule is COc1ccc2cc1Oc1ccc(cc1)C[C@H]1c3cc(c(CO)cc3CCN1C)Oc1c(OC)c(OC)c(CN(C)[C@@H](C)c3ccccc3)c3c1[C@H](C2)N(C)CC3. The van der Waals surface area contributed by atoms with Crippen LogP contribution in [0.25, 0.3) is 0 Å². The summed E-state index contributed by atoms with van der Waals surface area (Å²) in [5.41, 5.74) is 10.1. The molecule has 0 spiro atoms. The van der Waals surface area contributed by atoms with Crippen molar-refractivity contribution in [1.82, 2.24) is 14.7 Å². The third kappa shape index (κ3) is 7.45. The van der Waals surface area contributed by atoms with E-state index in [1.807, 2.05) is 18.2 Å². The molecule has 0 saturated carbocycles. The van der Waals surface area contributed by atoms with Gasteiger partial charge in [0.25, 0.3) is 0 Å². The summed E-state index contributed by atoms with van der Waals surface area (Å²) in [6.07, 6.45) is 3.18. The summed E-state index contributed by atoms with van der Waals surface area (Å²) in [7, 11) is 11.6. The summed E-state index contributed by atoms with van der Waals surface area (Å²) in [5, 5.41) is 10.9. The number of fused-ring (bicyclic) bond motifs is 2. The van der Waals surface area contributed by atoms with E-state index in [4.69, 9.17) is 23.7 Å². The van der Waals surface area contributed by atoms with Gasteiger partial charge in [0.2, 0.25) is 5.75 Å². The van der Waals surface area contributed by atoms with Crippen LogP contribution in [0, 0.1) is 0 Å². The topological polar surface area (TPSA) is 76.1 Å². The summed E-state index contributed by atoms with van der Waals surface area (Å²) >= 11 is 0. The first-order valence-electron chi connectivity index (χ1n) is 20.0. The fraction of sp³-hybridized carbons (Fsp3) is 0.375. The lowest BCUT2D eigenvalue weighted by Crippen LogP contribution is -2.35. The van der Waals surface area contributed by atoms with Gasteiger partial charge in [-0.2, -0.15) is 0 Å². The second-order valence-electron chi connectivity index (χ2n) is 15.8.